The highest BCUT2D eigenvalue weighted by atomic mass is 79.9. The molecular formula is C12H13Br2NO3S. The van der Waals surface area contributed by atoms with Gasteiger partial charge in [0.1, 0.15) is 0 Å². The van der Waals surface area contributed by atoms with Crippen LogP contribution in [0.1, 0.15) is 16.8 Å². The number of nitrogens with one attached hydrogen (secondary N) is 1. The molecule has 19 heavy (non-hydrogen) atoms. The molecule has 1 aromatic carbocycles. The first kappa shape index (κ1) is 15.0. The summed E-state index contributed by atoms with van der Waals surface area (Å²) in [5, 5.41) is 2.79. The normalized spacial score (nSPS) is 21.3. The fourth-order valence-corrected chi connectivity index (χ4v) is 4.69. The molecule has 4 nitrogen and oxygen atoms in total. The van der Waals surface area contributed by atoms with Gasteiger partial charge < -0.3 is 5.32 Å². The third kappa shape index (κ3) is 4.03. The summed E-state index contributed by atoms with van der Waals surface area (Å²) in [5.41, 5.74) is 0.537. The lowest BCUT2D eigenvalue weighted by molar-refractivity contribution is 0.0947. The van der Waals surface area contributed by atoms with Crippen molar-refractivity contribution in [2.45, 2.75) is 6.42 Å². The van der Waals surface area contributed by atoms with Gasteiger partial charge in [-0.25, -0.2) is 8.42 Å². The van der Waals surface area contributed by atoms with Gasteiger partial charge in [-0.3, -0.25) is 4.79 Å². The number of rotatable bonds is 3. The molecule has 1 saturated heterocycles. The number of hydrogen-bond acceptors (Lipinski definition) is 3. The summed E-state index contributed by atoms with van der Waals surface area (Å²) in [4.78, 5) is 12.0. The minimum atomic E-state index is -2.89. The zero-order valence-electron chi connectivity index (χ0n) is 10.0. The van der Waals surface area contributed by atoms with E-state index >= 15 is 0 Å². The molecule has 7 heteroatoms. The van der Waals surface area contributed by atoms with Crippen molar-refractivity contribution in [3.8, 4) is 0 Å². The van der Waals surface area contributed by atoms with Gasteiger partial charge in [-0.1, -0.05) is 15.9 Å². The first-order valence-electron chi connectivity index (χ1n) is 5.81. The van der Waals surface area contributed by atoms with Crippen LogP contribution in [-0.2, 0) is 9.84 Å². The standard InChI is InChI=1S/C12H13Br2NO3S/c13-9-1-2-11(14)10(5-9)12(16)15-6-8-3-4-19(17,18)7-8/h1-2,5,8H,3-4,6-7H2,(H,15,16). The van der Waals surface area contributed by atoms with Gasteiger partial charge in [-0.05, 0) is 46.5 Å². The van der Waals surface area contributed by atoms with Crippen LogP contribution in [-0.4, -0.2) is 32.4 Å². The summed E-state index contributed by atoms with van der Waals surface area (Å²) in [7, 11) is -2.89. The SMILES string of the molecule is O=C(NCC1CCS(=O)(=O)C1)c1cc(Br)ccc1Br. The Labute approximate surface area is 129 Å². The van der Waals surface area contributed by atoms with Crippen LogP contribution in [0.15, 0.2) is 27.1 Å². The smallest absolute Gasteiger partial charge is 0.252 e. The largest absolute Gasteiger partial charge is 0.352 e. The summed E-state index contributed by atoms with van der Waals surface area (Å²) in [5.74, 6) is 0.235. The van der Waals surface area contributed by atoms with Crippen molar-refractivity contribution >= 4 is 47.6 Å². The maximum Gasteiger partial charge on any atom is 0.252 e. The lowest BCUT2D eigenvalue weighted by Gasteiger charge is -2.10. The Hall–Kier alpha value is -0.400. The second-order valence-corrected chi connectivity index (χ2v) is 8.60. The molecule has 0 spiro atoms. The topological polar surface area (TPSA) is 63.2 Å². The maximum atomic E-state index is 12.0. The second kappa shape index (κ2) is 5.93. The van der Waals surface area contributed by atoms with Crippen LogP contribution in [0, 0.1) is 5.92 Å². The summed E-state index contributed by atoms with van der Waals surface area (Å²) in [6.07, 6.45) is 0.627. The molecular weight excluding hydrogens is 398 g/mol. The van der Waals surface area contributed by atoms with E-state index in [0.717, 1.165) is 4.47 Å². The monoisotopic (exact) mass is 409 g/mol. The van der Waals surface area contributed by atoms with Crippen molar-refractivity contribution < 1.29 is 13.2 Å². The summed E-state index contributed by atoms with van der Waals surface area (Å²) < 4.78 is 24.2. The molecule has 104 valence electrons. The van der Waals surface area contributed by atoms with Gasteiger partial charge in [-0.15, -0.1) is 0 Å². The molecule has 0 bridgehead atoms. The number of amides is 1. The number of halogens is 2. The van der Waals surface area contributed by atoms with E-state index in [2.05, 4.69) is 37.2 Å². The van der Waals surface area contributed by atoms with E-state index < -0.39 is 9.84 Å². The van der Waals surface area contributed by atoms with E-state index in [0.29, 0.717) is 23.0 Å². The molecule has 0 radical (unpaired) electrons. The predicted octanol–water partition coefficient (Wildman–Crippen LogP) is 2.38. The first-order valence-corrected chi connectivity index (χ1v) is 9.22. The molecule has 0 aromatic heterocycles. The van der Waals surface area contributed by atoms with Crippen molar-refractivity contribution in [3.63, 3.8) is 0 Å². The van der Waals surface area contributed by atoms with Crippen LogP contribution >= 0.6 is 31.9 Å². The molecule has 1 heterocycles. The molecule has 1 amide bonds. The van der Waals surface area contributed by atoms with Gasteiger partial charge in [0, 0.05) is 15.5 Å². The zero-order valence-corrected chi connectivity index (χ0v) is 14.0. The van der Waals surface area contributed by atoms with Gasteiger partial charge in [0.05, 0.1) is 17.1 Å². The molecule has 1 unspecified atom stereocenters. The average molecular weight is 411 g/mol. The van der Waals surface area contributed by atoms with Crippen LogP contribution < -0.4 is 5.32 Å². The van der Waals surface area contributed by atoms with Crippen LogP contribution in [0.5, 0.6) is 0 Å². The molecule has 1 aliphatic rings. The molecule has 0 aliphatic carbocycles. The molecule has 1 atom stereocenters. The Balaban J connectivity index is 1.97. The molecule has 1 N–H and O–H groups in total. The lowest BCUT2D eigenvalue weighted by Crippen LogP contribution is -2.30. The molecule has 2 rings (SSSR count). The Kier molecular flexibility index (Phi) is 4.68. The van der Waals surface area contributed by atoms with E-state index in [9.17, 15) is 13.2 Å². The minimum absolute atomic E-state index is 0.0277. The van der Waals surface area contributed by atoms with Crippen molar-refractivity contribution in [3.05, 3.63) is 32.7 Å². The Morgan fingerprint density at radius 3 is 2.74 bits per heavy atom. The third-order valence-corrected chi connectivity index (χ3v) is 6.07. The maximum absolute atomic E-state index is 12.0. The van der Waals surface area contributed by atoms with E-state index in [-0.39, 0.29) is 23.3 Å². The van der Waals surface area contributed by atoms with Crippen LogP contribution in [0.25, 0.3) is 0 Å². The van der Waals surface area contributed by atoms with Crippen molar-refractivity contribution in [1.29, 1.82) is 0 Å². The Morgan fingerprint density at radius 2 is 2.11 bits per heavy atom. The lowest BCUT2D eigenvalue weighted by atomic mass is 10.1. The molecule has 1 aliphatic heterocycles. The van der Waals surface area contributed by atoms with E-state index in [4.69, 9.17) is 0 Å². The summed E-state index contributed by atoms with van der Waals surface area (Å²) >= 11 is 6.64. The Morgan fingerprint density at radius 1 is 1.37 bits per heavy atom. The Bertz CT molecular complexity index is 601. The van der Waals surface area contributed by atoms with Crippen molar-refractivity contribution in [2.24, 2.45) is 5.92 Å². The van der Waals surface area contributed by atoms with E-state index in [1.807, 2.05) is 6.07 Å². The zero-order chi connectivity index (χ0) is 14.0. The quantitative estimate of drug-likeness (QED) is 0.831. The summed E-state index contributed by atoms with van der Waals surface area (Å²) in [6.45, 7) is 0.400. The van der Waals surface area contributed by atoms with Gasteiger partial charge in [-0.2, -0.15) is 0 Å². The van der Waals surface area contributed by atoms with Gasteiger partial charge >= 0.3 is 0 Å². The van der Waals surface area contributed by atoms with Crippen LogP contribution in [0.3, 0.4) is 0 Å². The summed E-state index contributed by atoms with van der Waals surface area (Å²) in [6, 6.07) is 5.36. The fourth-order valence-electron chi connectivity index (χ4n) is 2.04. The highest BCUT2D eigenvalue weighted by Crippen LogP contribution is 2.22. The van der Waals surface area contributed by atoms with Crippen molar-refractivity contribution in [2.75, 3.05) is 18.1 Å². The van der Waals surface area contributed by atoms with Gasteiger partial charge in [0.15, 0.2) is 9.84 Å². The fraction of sp³-hybridized carbons (Fsp3) is 0.417. The minimum Gasteiger partial charge on any atom is -0.352 e. The number of benzene rings is 1. The highest BCUT2D eigenvalue weighted by molar-refractivity contribution is 9.11. The highest BCUT2D eigenvalue weighted by Gasteiger charge is 2.28. The number of hydrogen-bond donors (Lipinski definition) is 1. The van der Waals surface area contributed by atoms with E-state index in [1.165, 1.54) is 0 Å². The number of carbonyl (C=O) groups excluding carboxylic acids is 1. The molecule has 0 saturated carbocycles. The number of carbonyl (C=O) groups is 1. The number of sulfone groups is 1. The van der Waals surface area contributed by atoms with Crippen LogP contribution in [0.4, 0.5) is 0 Å². The molecule has 1 aromatic rings. The van der Waals surface area contributed by atoms with Gasteiger partial charge in [0.2, 0.25) is 0 Å². The third-order valence-electron chi connectivity index (χ3n) is 3.05. The van der Waals surface area contributed by atoms with Gasteiger partial charge in [0.25, 0.3) is 5.91 Å². The second-order valence-electron chi connectivity index (χ2n) is 4.60. The van der Waals surface area contributed by atoms with Crippen molar-refractivity contribution in [1.82, 2.24) is 5.32 Å². The predicted molar refractivity (Wildman–Crippen MR) is 80.9 cm³/mol. The van der Waals surface area contributed by atoms with E-state index in [1.54, 1.807) is 12.1 Å². The first-order chi connectivity index (χ1) is 8.87. The van der Waals surface area contributed by atoms with Crippen LogP contribution in [0.2, 0.25) is 0 Å². The molecule has 1 fully saturated rings. The average Bonchev–Trinajstić information content (AvgIpc) is 2.69.